The van der Waals surface area contributed by atoms with E-state index >= 15 is 0 Å². The molecule has 1 aliphatic carbocycles. The minimum absolute atomic E-state index is 0.501. The first-order valence-electron chi connectivity index (χ1n) is 8.92. The fraction of sp³-hybridized carbons (Fsp3) is 0.294. The summed E-state index contributed by atoms with van der Waals surface area (Å²) in [4.78, 5) is 0. The Labute approximate surface area is 154 Å². The normalized spacial score (nSPS) is 13.8. The molecular weight excluding hydrogens is 344 g/mol. The molecule has 0 unspecified atom stereocenters. The van der Waals surface area contributed by atoms with Crippen LogP contribution in [-0.4, -0.2) is 53.1 Å². The van der Waals surface area contributed by atoms with Crippen LogP contribution in [0.25, 0.3) is 11.3 Å². The van der Waals surface area contributed by atoms with Crippen LogP contribution >= 0.6 is 0 Å². The van der Waals surface area contributed by atoms with Crippen molar-refractivity contribution in [1.29, 1.82) is 0 Å². The van der Waals surface area contributed by atoms with Crippen LogP contribution in [0.2, 0.25) is 0 Å². The highest BCUT2D eigenvalue weighted by Gasteiger charge is 2.29. The number of para-hydroxylation sites is 1. The number of nitrogens with zero attached hydrogens (tertiary/aromatic N) is 8. The largest absolute Gasteiger partial charge is 0.367 e. The van der Waals surface area contributed by atoms with Crippen LogP contribution in [0.3, 0.4) is 0 Å². The Balaban J connectivity index is 1.22. The molecular formula is C17H18N10. The van der Waals surface area contributed by atoms with Crippen molar-refractivity contribution in [2.75, 3.05) is 23.7 Å². The van der Waals surface area contributed by atoms with Gasteiger partial charge in [0.1, 0.15) is 5.82 Å². The molecule has 0 atom stereocenters. The highest BCUT2D eigenvalue weighted by molar-refractivity contribution is 5.45. The maximum Gasteiger partial charge on any atom is 0.247 e. The molecule has 0 bridgehead atoms. The van der Waals surface area contributed by atoms with Gasteiger partial charge in [0.05, 0.1) is 5.69 Å². The van der Waals surface area contributed by atoms with E-state index in [1.165, 1.54) is 12.8 Å². The number of rotatable bonds is 7. The molecule has 0 amide bonds. The fourth-order valence-corrected chi connectivity index (χ4v) is 2.90. The zero-order valence-electron chi connectivity index (χ0n) is 14.5. The number of nitrogens with one attached hydrogen (secondary N) is 2. The molecule has 27 heavy (non-hydrogen) atoms. The van der Waals surface area contributed by atoms with Crippen LogP contribution in [0.15, 0.2) is 42.5 Å². The van der Waals surface area contributed by atoms with Crippen molar-refractivity contribution < 1.29 is 0 Å². The fourth-order valence-electron chi connectivity index (χ4n) is 2.90. The standard InChI is InChI=1S/C17H18N10/c1-2-4-13(5-3-1)26-17(22-24-25-26)19-11-10-18-14-8-9-15-20-21-16(12-6-7-12)27(15)23-14/h1-5,8-9,12H,6-7,10-11H2,(H,18,23)(H,19,22,25). The molecule has 1 saturated carbocycles. The molecule has 3 heterocycles. The zero-order valence-corrected chi connectivity index (χ0v) is 14.5. The van der Waals surface area contributed by atoms with Crippen LogP contribution in [0.4, 0.5) is 11.8 Å². The molecule has 0 saturated heterocycles. The van der Waals surface area contributed by atoms with Gasteiger partial charge in [-0.3, -0.25) is 0 Å². The Hall–Kier alpha value is -3.56. The van der Waals surface area contributed by atoms with E-state index in [2.05, 4.69) is 41.5 Å². The van der Waals surface area contributed by atoms with Gasteiger partial charge < -0.3 is 10.6 Å². The van der Waals surface area contributed by atoms with Crippen LogP contribution in [0.5, 0.6) is 0 Å². The van der Waals surface area contributed by atoms with Gasteiger partial charge in [0, 0.05) is 19.0 Å². The van der Waals surface area contributed by atoms with Crippen molar-refractivity contribution in [3.8, 4) is 5.69 Å². The SMILES string of the molecule is c1ccc(-n2nnnc2NCCNc2ccc3nnc(C4CC4)n3n2)cc1. The maximum atomic E-state index is 4.60. The van der Waals surface area contributed by atoms with Crippen LogP contribution in [-0.2, 0) is 0 Å². The van der Waals surface area contributed by atoms with Crippen molar-refractivity contribution in [2.24, 2.45) is 0 Å². The van der Waals surface area contributed by atoms with E-state index in [4.69, 9.17) is 0 Å². The molecule has 1 aromatic carbocycles. The number of hydrogen-bond donors (Lipinski definition) is 2. The second-order valence-electron chi connectivity index (χ2n) is 6.42. The third-order valence-corrected chi connectivity index (χ3v) is 4.41. The summed E-state index contributed by atoms with van der Waals surface area (Å²) < 4.78 is 3.51. The highest BCUT2D eigenvalue weighted by atomic mass is 15.6. The van der Waals surface area contributed by atoms with Gasteiger partial charge in [0.25, 0.3) is 0 Å². The summed E-state index contributed by atoms with van der Waals surface area (Å²) in [6.07, 6.45) is 2.33. The second kappa shape index (κ2) is 6.63. The third-order valence-electron chi connectivity index (χ3n) is 4.41. The van der Waals surface area contributed by atoms with Gasteiger partial charge in [0.2, 0.25) is 5.95 Å². The first-order valence-corrected chi connectivity index (χ1v) is 8.92. The quantitative estimate of drug-likeness (QED) is 0.476. The van der Waals surface area contributed by atoms with Crippen molar-refractivity contribution in [3.05, 3.63) is 48.3 Å². The summed E-state index contributed by atoms with van der Waals surface area (Å²) in [7, 11) is 0. The molecule has 10 heteroatoms. The van der Waals surface area contributed by atoms with E-state index in [0.29, 0.717) is 25.0 Å². The van der Waals surface area contributed by atoms with Crippen molar-refractivity contribution in [1.82, 2.24) is 40.0 Å². The van der Waals surface area contributed by atoms with Gasteiger partial charge in [0.15, 0.2) is 11.5 Å². The lowest BCUT2D eigenvalue weighted by atomic mass is 10.3. The Morgan fingerprint density at radius 1 is 0.926 bits per heavy atom. The van der Waals surface area contributed by atoms with Crippen molar-refractivity contribution in [2.45, 2.75) is 18.8 Å². The van der Waals surface area contributed by atoms with Crippen LogP contribution in [0.1, 0.15) is 24.6 Å². The smallest absolute Gasteiger partial charge is 0.247 e. The van der Waals surface area contributed by atoms with Gasteiger partial charge in [-0.15, -0.1) is 15.3 Å². The number of hydrogen-bond acceptors (Lipinski definition) is 8. The van der Waals surface area contributed by atoms with Crippen molar-refractivity contribution >= 4 is 17.4 Å². The van der Waals surface area contributed by atoms with E-state index in [-0.39, 0.29) is 0 Å². The van der Waals surface area contributed by atoms with Gasteiger partial charge in [-0.1, -0.05) is 23.3 Å². The molecule has 10 nitrogen and oxygen atoms in total. The Morgan fingerprint density at radius 3 is 2.63 bits per heavy atom. The molecule has 136 valence electrons. The average molecular weight is 362 g/mol. The number of anilines is 2. The molecule has 1 aliphatic rings. The molecule has 0 spiro atoms. The summed E-state index contributed by atoms with van der Waals surface area (Å²) in [6.45, 7) is 1.31. The molecule has 4 aromatic rings. The van der Waals surface area contributed by atoms with Gasteiger partial charge in [-0.25, -0.2) is 0 Å². The number of aromatic nitrogens is 8. The van der Waals surface area contributed by atoms with E-state index < -0.39 is 0 Å². The monoisotopic (exact) mass is 362 g/mol. The summed E-state index contributed by atoms with van der Waals surface area (Å²) in [5.74, 6) is 2.84. The Kier molecular flexibility index (Phi) is 3.85. The molecule has 0 radical (unpaired) electrons. The minimum atomic E-state index is 0.501. The van der Waals surface area contributed by atoms with Crippen molar-refractivity contribution in [3.63, 3.8) is 0 Å². The highest BCUT2D eigenvalue weighted by Crippen LogP contribution is 2.38. The van der Waals surface area contributed by atoms with E-state index in [9.17, 15) is 0 Å². The maximum absolute atomic E-state index is 4.60. The van der Waals surface area contributed by atoms with Crippen LogP contribution in [0, 0.1) is 0 Å². The molecule has 0 aliphatic heterocycles. The number of benzene rings is 1. The summed E-state index contributed by atoms with van der Waals surface area (Å²) >= 11 is 0. The Morgan fingerprint density at radius 2 is 1.78 bits per heavy atom. The number of fused-ring (bicyclic) bond motifs is 1. The second-order valence-corrected chi connectivity index (χ2v) is 6.42. The lowest BCUT2D eigenvalue weighted by Crippen LogP contribution is -2.17. The lowest BCUT2D eigenvalue weighted by Gasteiger charge is -2.08. The Bertz CT molecular complexity index is 1050. The minimum Gasteiger partial charge on any atom is -0.367 e. The topological polar surface area (TPSA) is 111 Å². The zero-order chi connectivity index (χ0) is 18.1. The first kappa shape index (κ1) is 15.7. The van der Waals surface area contributed by atoms with E-state index in [1.807, 2.05) is 47.0 Å². The first-order chi connectivity index (χ1) is 13.4. The van der Waals surface area contributed by atoms with Crippen LogP contribution < -0.4 is 10.6 Å². The third kappa shape index (κ3) is 3.16. The molecule has 2 N–H and O–H groups in total. The molecule has 5 rings (SSSR count). The predicted molar refractivity (Wildman–Crippen MR) is 98.9 cm³/mol. The average Bonchev–Trinajstić information content (AvgIpc) is 3.29. The van der Waals surface area contributed by atoms with Gasteiger partial charge >= 0.3 is 0 Å². The number of tetrazole rings is 1. The predicted octanol–water partition coefficient (Wildman–Crippen LogP) is 1.50. The van der Waals surface area contributed by atoms with E-state index in [1.54, 1.807) is 4.68 Å². The summed E-state index contributed by atoms with van der Waals surface area (Å²) in [5.41, 5.74) is 1.69. The molecule has 3 aromatic heterocycles. The van der Waals surface area contributed by atoms with Gasteiger partial charge in [-0.2, -0.15) is 9.20 Å². The summed E-state index contributed by atoms with van der Waals surface area (Å²) in [6, 6.07) is 13.6. The van der Waals surface area contributed by atoms with Gasteiger partial charge in [-0.05, 0) is 47.5 Å². The molecule has 1 fully saturated rings. The summed E-state index contributed by atoms with van der Waals surface area (Å²) in [5, 5.41) is 31.4. The lowest BCUT2D eigenvalue weighted by molar-refractivity contribution is 0.789. The van der Waals surface area contributed by atoms with E-state index in [0.717, 1.165) is 23.0 Å².